The Labute approximate surface area is 462 Å². The number of hydrogen-bond acceptors (Lipinski definition) is 22. The molecule has 9 atom stereocenters. The third-order valence-corrected chi connectivity index (χ3v) is 10.2. The monoisotopic (exact) mass is 1150 g/mol. The first kappa shape index (κ1) is 76.1. The topological polar surface area (TPSA) is 612 Å². The van der Waals surface area contributed by atoms with Crippen LogP contribution in [0.2, 0.25) is 0 Å². The molecule has 0 saturated carbocycles. The second kappa shape index (κ2) is 41.9. The molecule has 1 amide bonds. The first-order valence-electron chi connectivity index (χ1n) is 23.3. The van der Waals surface area contributed by atoms with Gasteiger partial charge in [0.15, 0.2) is 0 Å². The average Bonchev–Trinajstić information content (AvgIpc) is 3.79. The minimum Gasteiger partial charge on any atom is -0.508 e. The van der Waals surface area contributed by atoms with E-state index in [0.717, 1.165) is 33.3 Å². The number of nitrogens with one attached hydrogen (secondary N) is 1. The Morgan fingerprint density at radius 2 is 0.963 bits per heavy atom. The second-order valence-electron chi connectivity index (χ2n) is 16.6. The minimum absolute atomic E-state index is 0.160. The number of carbonyl (C=O) groups is 10. The number of rotatable bonds is 22. The number of aliphatic carboxylic acids is 7. The van der Waals surface area contributed by atoms with Crippen molar-refractivity contribution in [2.45, 2.75) is 107 Å². The third kappa shape index (κ3) is 37.6. The zero-order valence-electron chi connectivity index (χ0n) is 43.8. The van der Waals surface area contributed by atoms with Gasteiger partial charge in [-0.1, -0.05) is 60.7 Å². The number of carboxylic acid groups (broad SMARTS) is 7. The summed E-state index contributed by atoms with van der Waals surface area (Å²) in [5.41, 5.74) is 49.9. The van der Waals surface area contributed by atoms with Gasteiger partial charge in [0.1, 0.15) is 54.1 Å². The van der Waals surface area contributed by atoms with Crippen LogP contribution < -0.4 is 51.6 Å². The highest BCUT2D eigenvalue weighted by atomic mass is 32.2. The molecule has 0 aliphatic heterocycles. The minimum atomic E-state index is -1.34. The molecule has 0 bridgehead atoms. The van der Waals surface area contributed by atoms with Gasteiger partial charge in [0.25, 0.3) is 0 Å². The van der Waals surface area contributed by atoms with E-state index < -0.39 is 127 Å². The van der Waals surface area contributed by atoms with Crippen molar-refractivity contribution in [1.82, 2.24) is 4.98 Å². The predicted octanol–water partition coefficient (Wildman–Crippen LogP) is -2.48. The highest BCUT2D eigenvalue weighted by Gasteiger charge is 2.27. The second-order valence-corrected chi connectivity index (χ2v) is 17.6. The van der Waals surface area contributed by atoms with Crippen LogP contribution >= 0.6 is 11.8 Å². The van der Waals surface area contributed by atoms with Crippen molar-refractivity contribution in [3.05, 3.63) is 102 Å². The lowest BCUT2D eigenvalue weighted by atomic mass is 10.1. The molecule has 4 rings (SSSR count). The Morgan fingerprint density at radius 3 is 1.35 bits per heavy atom. The van der Waals surface area contributed by atoms with Crippen molar-refractivity contribution < 1.29 is 98.6 Å². The summed E-state index contributed by atoms with van der Waals surface area (Å²) in [5, 5.41) is 76.9. The molecule has 0 saturated heterocycles. The van der Waals surface area contributed by atoms with Crippen LogP contribution in [0.1, 0.15) is 49.8 Å². The maximum atomic E-state index is 11.1. The van der Waals surface area contributed by atoms with Crippen LogP contribution in [0.4, 0.5) is 0 Å². The Kier molecular flexibility index (Phi) is 39.9. The number of primary amides is 1. The summed E-state index contributed by atoms with van der Waals surface area (Å²) >= 11 is 1.60. The fourth-order valence-electron chi connectivity index (χ4n) is 4.94. The van der Waals surface area contributed by atoms with E-state index in [4.69, 9.17) is 97.6 Å². The van der Waals surface area contributed by atoms with Crippen molar-refractivity contribution in [1.29, 1.82) is 0 Å². The van der Waals surface area contributed by atoms with Gasteiger partial charge in [0.05, 0.1) is 18.9 Å². The number of fused-ring (bicyclic) bond motifs is 1. The van der Waals surface area contributed by atoms with Crippen molar-refractivity contribution in [3.63, 3.8) is 0 Å². The fraction of sp³-hybridized carbons (Fsp3) is 0.388. The van der Waals surface area contributed by atoms with Gasteiger partial charge >= 0.3 is 53.7 Å². The molecule has 446 valence electrons. The predicted molar refractivity (Wildman–Crippen MR) is 291 cm³/mol. The molecule has 1 heterocycles. The Balaban J connectivity index is -0.000000881. The maximum Gasteiger partial charge on any atom is 0.333 e. The molecule has 1 aromatic heterocycles. The smallest absolute Gasteiger partial charge is 0.333 e. The van der Waals surface area contributed by atoms with Gasteiger partial charge < -0.3 is 107 Å². The Bertz CT molecular complexity index is 2540. The largest absolute Gasteiger partial charge is 0.508 e. The number of aromatic hydroxyl groups is 1. The van der Waals surface area contributed by atoms with E-state index in [0.29, 0.717) is 19.3 Å². The van der Waals surface area contributed by atoms with Gasteiger partial charge in [0, 0.05) is 23.5 Å². The summed E-state index contributed by atoms with van der Waals surface area (Å²) in [6, 6.07) is 15.5. The van der Waals surface area contributed by atoms with Gasteiger partial charge in [-0.05, 0) is 80.0 Å². The number of para-hydroxylation sites is 1. The van der Waals surface area contributed by atoms with E-state index in [9.17, 15) is 47.9 Å². The Hall–Kier alpha value is -8.11. The van der Waals surface area contributed by atoms with Crippen molar-refractivity contribution in [2.24, 2.45) is 51.6 Å². The molecule has 80 heavy (non-hydrogen) atoms. The number of carboxylic acids is 7. The molecule has 31 heteroatoms. The highest BCUT2D eigenvalue weighted by molar-refractivity contribution is 7.98. The molecule has 0 aliphatic carbocycles. The first-order valence-corrected chi connectivity index (χ1v) is 24.7. The van der Waals surface area contributed by atoms with Crippen molar-refractivity contribution >= 4 is 82.3 Å². The number of aliphatic hydroxyl groups is 1. The fourth-order valence-corrected chi connectivity index (χ4v) is 5.43. The van der Waals surface area contributed by atoms with Gasteiger partial charge in [-0.3, -0.25) is 38.4 Å². The number of hydrogen-bond donors (Lipinski definition) is 19. The van der Waals surface area contributed by atoms with E-state index in [1.807, 2.05) is 67.0 Å². The van der Waals surface area contributed by atoms with Gasteiger partial charge in [-0.15, -0.1) is 0 Å². The maximum absolute atomic E-state index is 11.1. The number of esters is 2. The third-order valence-electron chi connectivity index (χ3n) is 9.53. The normalized spacial score (nSPS) is 13.4. The highest BCUT2D eigenvalue weighted by Crippen LogP contribution is 2.18. The molecule has 0 aliphatic rings. The van der Waals surface area contributed by atoms with Gasteiger partial charge in [-0.2, -0.15) is 11.8 Å². The lowest BCUT2D eigenvalue weighted by Gasteiger charge is -2.14. The van der Waals surface area contributed by atoms with Crippen LogP contribution in [0.15, 0.2) is 85.1 Å². The number of aliphatic hydroxyl groups excluding tert-OH is 1. The zero-order valence-corrected chi connectivity index (χ0v) is 44.7. The molecule has 3 aromatic carbocycles. The Morgan fingerprint density at radius 1 is 0.537 bits per heavy atom. The zero-order chi connectivity index (χ0) is 62.4. The number of phenolic OH excluding ortho intramolecular Hbond substituents is 1. The molecule has 4 aromatic rings. The first-order chi connectivity index (χ1) is 37.1. The van der Waals surface area contributed by atoms with E-state index in [1.54, 1.807) is 23.9 Å². The average molecular weight is 1160 g/mol. The van der Waals surface area contributed by atoms with Crippen LogP contribution in [-0.2, 0) is 71.9 Å². The van der Waals surface area contributed by atoms with Crippen LogP contribution in [0.3, 0.4) is 0 Å². The molecule has 0 unspecified atom stereocenters. The quantitative estimate of drug-likeness (QED) is 0.0286. The summed E-state index contributed by atoms with van der Waals surface area (Å²) in [7, 11) is 0. The summed E-state index contributed by atoms with van der Waals surface area (Å²) in [6.07, 6.45) is 3.17. The van der Waals surface area contributed by atoms with Crippen molar-refractivity contribution in [2.75, 3.05) is 12.0 Å². The number of benzene rings is 3. The molecule has 0 fully saturated rings. The molecule has 0 spiro atoms. The number of aromatic amines is 1. The summed E-state index contributed by atoms with van der Waals surface area (Å²) in [4.78, 5) is 106. The number of ether oxygens (including phenoxy) is 1. The number of aromatic nitrogens is 1. The van der Waals surface area contributed by atoms with Crippen molar-refractivity contribution in [3.8, 4) is 5.75 Å². The number of H-pyrrole nitrogens is 1. The lowest BCUT2D eigenvalue weighted by molar-refractivity contribution is -0.163. The molecule has 28 N–H and O–H groups in total. The van der Waals surface area contributed by atoms with E-state index in [-0.39, 0.29) is 12.2 Å². The number of nitrogens with two attached hydrogens (primary N) is 9. The summed E-state index contributed by atoms with van der Waals surface area (Å²) in [6.45, 7) is 2.68. The van der Waals surface area contributed by atoms with E-state index in [1.165, 1.54) is 26.0 Å². The molecular weight excluding hydrogens is 1080 g/mol. The number of phenols is 1. The van der Waals surface area contributed by atoms with Gasteiger partial charge in [-0.25, -0.2) is 9.59 Å². The van der Waals surface area contributed by atoms with Crippen LogP contribution in [0, 0.1) is 0 Å². The van der Waals surface area contributed by atoms with Crippen LogP contribution in [0.25, 0.3) is 10.9 Å². The van der Waals surface area contributed by atoms with E-state index >= 15 is 0 Å². The van der Waals surface area contributed by atoms with Gasteiger partial charge in [0.2, 0.25) is 5.91 Å². The number of thioether (sulfide) groups is 1. The number of amides is 1. The molecular formula is C49H74N10O20S. The van der Waals surface area contributed by atoms with Crippen LogP contribution in [-0.4, -0.2) is 177 Å². The summed E-state index contributed by atoms with van der Waals surface area (Å²) < 4.78 is 4.24. The van der Waals surface area contributed by atoms with Crippen LogP contribution in [0.5, 0.6) is 5.75 Å². The summed E-state index contributed by atoms with van der Waals surface area (Å²) in [5.74, 6) is -9.37. The molecule has 30 nitrogen and oxygen atoms in total. The number of carbonyl (C=O) groups excluding carboxylic acids is 3. The lowest BCUT2D eigenvalue weighted by Crippen LogP contribution is -2.45. The standard InChI is InChI=1S/C11H12N2O2.C9H11NO3.C9H11NO2.C8H15N3O5.C5H11NO2S.C4H7NO4.C3H7NO2/c12-9(11(14)15)5-7-6-13-10-4-2-1-3-8(7)10;10-8(9(12)13)5-6-1-3-7(11)4-2-6;10-8(9(11)12)6-7-4-2-1-3-5-7;1-3(12)6(11)8(15)16-7(14)4(9)2-5(10)13;1-9-3-2-4(6)5(7)8;5-2(4(8)9)1-3(6)7;1-2(4)3(5)6/h1-4,6,9,13H,5,12H2,(H,14,15);1-4,8,11H,5,10H2,(H,12,13);1-5,8H,6,10H2,(H,11,12);3-4,6,12H,2,9,11H2,1H3,(H2,10,13);4H,2-3,6H2,1H3,(H,7,8);2H,1,5H2,(H,6,7)(H,8,9);2H,4H2,1H3,(H,5,6)/t9-;2*8-;3-,4+,6+;4-;2*2-/m0001000/s1. The van der Waals surface area contributed by atoms with E-state index in [2.05, 4.69) is 9.72 Å². The SMILES string of the molecule is CSCC[C@H](N)C(=O)O.C[C@@H](O)[C@H](N)C(=O)OC(=O)[C@@H](N)CC(N)=O.C[C@H](N)C(=O)O.N[C@@H](CC(=O)O)C(=O)O.N[C@@H](Cc1c[nH]c2ccccc12)C(=O)O.N[C@@H](Cc1ccc(O)cc1)C(=O)O.N[C@@H](Cc1ccccc1)C(=O)O. The molecule has 0 radical (unpaired) electrons.